The van der Waals surface area contributed by atoms with Crippen LogP contribution in [0.5, 0.6) is 0 Å². The Morgan fingerprint density at radius 1 is 1.06 bits per heavy atom. The minimum Gasteiger partial charge on any atom is -0.376 e. The minimum absolute atomic E-state index is 0.0332. The van der Waals surface area contributed by atoms with Crippen molar-refractivity contribution in [3.05, 3.63) is 0 Å². The van der Waals surface area contributed by atoms with Crippen LogP contribution in [0, 0.1) is 12.3 Å². The Hall–Kier alpha value is -0.600. The highest BCUT2D eigenvalue weighted by Crippen LogP contribution is 2.26. The molecule has 5 atom stereocenters. The first-order chi connectivity index (χ1) is 7.65. The zero-order valence-corrected chi connectivity index (χ0v) is 10.3. The first-order valence-corrected chi connectivity index (χ1v) is 5.41. The Morgan fingerprint density at radius 3 is 1.94 bits per heavy atom. The van der Waals surface area contributed by atoms with E-state index in [2.05, 4.69) is 5.92 Å². The van der Waals surface area contributed by atoms with Gasteiger partial charge in [-0.25, -0.2) is 0 Å². The summed E-state index contributed by atoms with van der Waals surface area (Å²) >= 11 is 0. The molecule has 0 aromatic heterocycles. The zero-order chi connectivity index (χ0) is 12.1. The Morgan fingerprint density at radius 2 is 1.56 bits per heavy atom. The molecule has 0 aromatic rings. The van der Waals surface area contributed by atoms with E-state index >= 15 is 0 Å². The summed E-state index contributed by atoms with van der Waals surface area (Å²) in [7, 11) is 3.28. The Kier molecular flexibility index (Phi) is 5.23. The molecular formula is C12H20O4. The molecule has 0 N–H and O–H groups in total. The fraction of sp³-hybridized carbons (Fsp3) is 0.833. The number of hydrogen-bond acceptors (Lipinski definition) is 4. The molecule has 16 heavy (non-hydrogen) atoms. The van der Waals surface area contributed by atoms with Crippen LogP contribution in [0.3, 0.4) is 0 Å². The Balaban J connectivity index is 2.77. The lowest BCUT2D eigenvalue weighted by Gasteiger charge is -2.43. The van der Waals surface area contributed by atoms with Gasteiger partial charge in [0, 0.05) is 14.2 Å². The standard InChI is InChI=1S/C12H20O4/c1-6-7-15-12-10(13-4)8(2)16-9(3)11(12)14-5/h1,8-12H,7H2,2-5H3/t8-,9?,10-,11-,12?/m0/s1. The van der Waals surface area contributed by atoms with Crippen molar-refractivity contribution in [2.45, 2.75) is 44.4 Å². The van der Waals surface area contributed by atoms with Crippen LogP contribution in [0.2, 0.25) is 0 Å². The molecule has 0 aromatic carbocycles. The smallest absolute Gasteiger partial charge is 0.116 e. The van der Waals surface area contributed by atoms with Crippen LogP contribution in [-0.2, 0) is 18.9 Å². The van der Waals surface area contributed by atoms with Gasteiger partial charge in [0.05, 0.1) is 12.2 Å². The number of ether oxygens (including phenoxy) is 4. The summed E-state index contributed by atoms with van der Waals surface area (Å²) in [5.74, 6) is 2.46. The fourth-order valence-corrected chi connectivity index (χ4v) is 2.20. The van der Waals surface area contributed by atoms with Crippen molar-refractivity contribution in [2.24, 2.45) is 0 Å². The lowest BCUT2D eigenvalue weighted by atomic mass is 9.96. The summed E-state index contributed by atoms with van der Waals surface area (Å²) in [6, 6.07) is 0. The number of terminal acetylenes is 1. The van der Waals surface area contributed by atoms with Crippen molar-refractivity contribution in [2.75, 3.05) is 20.8 Å². The van der Waals surface area contributed by atoms with Crippen molar-refractivity contribution < 1.29 is 18.9 Å². The summed E-state index contributed by atoms with van der Waals surface area (Å²) in [6.45, 7) is 4.18. The van der Waals surface area contributed by atoms with Crippen LogP contribution in [-0.4, -0.2) is 51.3 Å². The largest absolute Gasteiger partial charge is 0.376 e. The van der Waals surface area contributed by atoms with Gasteiger partial charge in [-0.2, -0.15) is 0 Å². The summed E-state index contributed by atoms with van der Waals surface area (Å²) < 4.78 is 22.1. The van der Waals surface area contributed by atoms with E-state index in [4.69, 9.17) is 25.4 Å². The Labute approximate surface area is 97.2 Å². The first-order valence-electron chi connectivity index (χ1n) is 5.41. The van der Waals surface area contributed by atoms with Crippen molar-refractivity contribution >= 4 is 0 Å². The molecule has 1 aliphatic rings. The molecule has 1 fully saturated rings. The molecule has 1 saturated heterocycles. The van der Waals surface area contributed by atoms with Gasteiger partial charge < -0.3 is 18.9 Å². The molecule has 0 bridgehead atoms. The number of hydrogen-bond donors (Lipinski definition) is 0. The van der Waals surface area contributed by atoms with Crippen molar-refractivity contribution in [3.63, 3.8) is 0 Å². The molecule has 4 nitrogen and oxygen atoms in total. The van der Waals surface area contributed by atoms with Crippen molar-refractivity contribution in [3.8, 4) is 12.3 Å². The second-order valence-corrected chi connectivity index (χ2v) is 3.93. The number of methoxy groups -OCH3 is 2. The predicted molar refractivity (Wildman–Crippen MR) is 60.2 cm³/mol. The number of rotatable bonds is 4. The summed E-state index contributed by atoms with van der Waals surface area (Å²) in [4.78, 5) is 0. The van der Waals surface area contributed by atoms with E-state index in [1.54, 1.807) is 14.2 Å². The van der Waals surface area contributed by atoms with Crippen LogP contribution in [0.15, 0.2) is 0 Å². The van der Waals surface area contributed by atoms with Crippen LogP contribution in [0.1, 0.15) is 13.8 Å². The van der Waals surface area contributed by atoms with E-state index in [0.717, 1.165) is 0 Å². The molecule has 0 radical (unpaired) electrons. The van der Waals surface area contributed by atoms with Gasteiger partial charge in [-0.3, -0.25) is 0 Å². The second-order valence-electron chi connectivity index (χ2n) is 3.93. The zero-order valence-electron chi connectivity index (χ0n) is 10.3. The highest BCUT2D eigenvalue weighted by molar-refractivity contribution is 4.94. The molecule has 4 heteroatoms. The molecule has 92 valence electrons. The highest BCUT2D eigenvalue weighted by atomic mass is 16.6. The normalized spacial score (nSPS) is 39.3. The van der Waals surface area contributed by atoms with Crippen LogP contribution < -0.4 is 0 Å². The lowest BCUT2D eigenvalue weighted by molar-refractivity contribution is -0.236. The van der Waals surface area contributed by atoms with Crippen molar-refractivity contribution in [1.29, 1.82) is 0 Å². The van der Waals surface area contributed by atoms with Crippen LogP contribution in [0.4, 0.5) is 0 Å². The van der Waals surface area contributed by atoms with E-state index in [9.17, 15) is 0 Å². The molecule has 0 amide bonds. The summed E-state index contributed by atoms with van der Waals surface area (Å²) in [5, 5.41) is 0. The van der Waals surface area contributed by atoms with Gasteiger partial charge in [0.1, 0.15) is 24.9 Å². The third kappa shape index (κ3) is 2.74. The van der Waals surface area contributed by atoms with Gasteiger partial charge in [-0.15, -0.1) is 6.42 Å². The monoisotopic (exact) mass is 228 g/mol. The SMILES string of the molecule is C#CCOC1[C@@H](OC)C(C)O[C@@H](C)[C@@H]1OC. The van der Waals surface area contributed by atoms with Crippen LogP contribution in [0.25, 0.3) is 0 Å². The topological polar surface area (TPSA) is 36.9 Å². The first kappa shape index (κ1) is 13.5. The van der Waals surface area contributed by atoms with E-state index in [1.807, 2.05) is 13.8 Å². The molecule has 1 aliphatic heterocycles. The maximum atomic E-state index is 5.72. The average Bonchev–Trinajstić information content (AvgIpc) is 2.26. The molecular weight excluding hydrogens is 208 g/mol. The van der Waals surface area contributed by atoms with E-state index in [-0.39, 0.29) is 37.1 Å². The molecule has 1 rings (SSSR count). The van der Waals surface area contributed by atoms with Gasteiger partial charge in [0.15, 0.2) is 0 Å². The third-order valence-corrected chi connectivity index (χ3v) is 2.91. The predicted octanol–water partition coefficient (Wildman–Crippen LogP) is 0.842. The maximum absolute atomic E-state index is 5.72. The molecule has 0 spiro atoms. The fourth-order valence-electron chi connectivity index (χ4n) is 2.20. The molecule has 1 heterocycles. The Bertz CT molecular complexity index is 232. The molecule has 0 saturated carbocycles. The van der Waals surface area contributed by atoms with Gasteiger partial charge in [-0.1, -0.05) is 5.92 Å². The molecule has 2 unspecified atom stereocenters. The maximum Gasteiger partial charge on any atom is 0.116 e. The quantitative estimate of drug-likeness (QED) is 0.668. The van der Waals surface area contributed by atoms with E-state index in [0.29, 0.717) is 0 Å². The lowest BCUT2D eigenvalue weighted by Crippen LogP contribution is -2.58. The van der Waals surface area contributed by atoms with Gasteiger partial charge in [0.25, 0.3) is 0 Å². The van der Waals surface area contributed by atoms with Gasteiger partial charge >= 0.3 is 0 Å². The van der Waals surface area contributed by atoms with E-state index < -0.39 is 0 Å². The molecule has 0 aliphatic carbocycles. The third-order valence-electron chi connectivity index (χ3n) is 2.91. The van der Waals surface area contributed by atoms with Crippen LogP contribution >= 0.6 is 0 Å². The highest BCUT2D eigenvalue weighted by Gasteiger charge is 2.43. The second kappa shape index (κ2) is 6.21. The average molecular weight is 228 g/mol. The van der Waals surface area contributed by atoms with Crippen molar-refractivity contribution in [1.82, 2.24) is 0 Å². The summed E-state index contributed by atoms with van der Waals surface area (Å²) in [6.07, 6.45) is 4.63. The summed E-state index contributed by atoms with van der Waals surface area (Å²) in [5.41, 5.74) is 0. The van der Waals surface area contributed by atoms with Gasteiger partial charge in [-0.05, 0) is 13.8 Å². The van der Waals surface area contributed by atoms with Gasteiger partial charge in [0.2, 0.25) is 0 Å². The van der Waals surface area contributed by atoms with E-state index in [1.165, 1.54) is 0 Å². The minimum atomic E-state index is -0.190.